The Balaban J connectivity index is 1.42. The summed E-state index contributed by atoms with van der Waals surface area (Å²) in [6, 6.07) is 1.86. The van der Waals surface area contributed by atoms with Gasteiger partial charge in [0.15, 0.2) is 5.13 Å². The third-order valence-corrected chi connectivity index (χ3v) is 6.75. The molecule has 2 fully saturated rings. The zero-order chi connectivity index (χ0) is 20.2. The summed E-state index contributed by atoms with van der Waals surface area (Å²) in [5.74, 6) is 0.110. The third kappa shape index (κ3) is 4.70. The Morgan fingerprint density at radius 1 is 1.34 bits per heavy atom. The zero-order valence-electron chi connectivity index (χ0n) is 16.9. The molecule has 8 heteroatoms. The van der Waals surface area contributed by atoms with Crippen molar-refractivity contribution in [3.05, 3.63) is 44.8 Å². The summed E-state index contributed by atoms with van der Waals surface area (Å²) in [7, 11) is 0. The van der Waals surface area contributed by atoms with E-state index in [0.717, 1.165) is 49.8 Å². The van der Waals surface area contributed by atoms with Gasteiger partial charge in [0, 0.05) is 31.2 Å². The van der Waals surface area contributed by atoms with Gasteiger partial charge in [-0.1, -0.05) is 0 Å². The summed E-state index contributed by atoms with van der Waals surface area (Å²) in [6.07, 6.45) is 6.47. The maximum absolute atomic E-state index is 13.0. The van der Waals surface area contributed by atoms with E-state index in [9.17, 15) is 9.59 Å². The maximum Gasteiger partial charge on any atom is 0.263 e. The first-order valence-electron chi connectivity index (χ1n) is 10.5. The van der Waals surface area contributed by atoms with Gasteiger partial charge in [0.25, 0.3) is 11.5 Å². The van der Waals surface area contributed by atoms with Crippen LogP contribution in [0.2, 0.25) is 0 Å². The molecule has 2 aliphatic rings. The minimum atomic E-state index is -0.320. The molecule has 2 aliphatic heterocycles. The molecule has 1 unspecified atom stereocenters. The number of hydrogen-bond acceptors (Lipinski definition) is 6. The van der Waals surface area contributed by atoms with Gasteiger partial charge in [-0.2, -0.15) is 0 Å². The standard InChI is InChI=1S/C21H29N5O2S/c1-15-6-10-26(13-16-5-4-7-22-11-16)20(28)18(15)19(27)23-12-17-14-29-21(24-17)25-8-2-3-9-25/h6,10,14,16,22H,2-5,7-9,11-13H2,1H3,(H,23,27). The Kier molecular flexibility index (Phi) is 6.30. The second-order valence-corrected chi connectivity index (χ2v) is 8.88. The van der Waals surface area contributed by atoms with E-state index in [4.69, 9.17) is 0 Å². The van der Waals surface area contributed by atoms with E-state index in [0.29, 0.717) is 24.6 Å². The molecular weight excluding hydrogens is 386 g/mol. The average molecular weight is 416 g/mol. The molecule has 1 atom stereocenters. The molecule has 2 aromatic rings. The van der Waals surface area contributed by atoms with Crippen LogP contribution >= 0.6 is 11.3 Å². The van der Waals surface area contributed by atoms with Gasteiger partial charge in [0.05, 0.1) is 12.2 Å². The van der Waals surface area contributed by atoms with Gasteiger partial charge in [-0.25, -0.2) is 4.98 Å². The van der Waals surface area contributed by atoms with Crippen molar-refractivity contribution in [1.29, 1.82) is 0 Å². The predicted molar refractivity (Wildman–Crippen MR) is 116 cm³/mol. The lowest BCUT2D eigenvalue weighted by molar-refractivity contribution is 0.0947. The molecule has 2 N–H and O–H groups in total. The normalized spacial score (nSPS) is 19.5. The van der Waals surface area contributed by atoms with E-state index in [1.54, 1.807) is 15.9 Å². The number of anilines is 1. The quantitative estimate of drug-likeness (QED) is 0.756. The van der Waals surface area contributed by atoms with Gasteiger partial charge in [0.1, 0.15) is 5.56 Å². The summed E-state index contributed by atoms with van der Waals surface area (Å²) in [5.41, 5.74) is 1.59. The number of pyridine rings is 1. The van der Waals surface area contributed by atoms with E-state index >= 15 is 0 Å². The van der Waals surface area contributed by atoms with Crippen LogP contribution in [0.3, 0.4) is 0 Å². The molecule has 1 amide bonds. The lowest BCUT2D eigenvalue weighted by Gasteiger charge is -2.23. The fraction of sp³-hybridized carbons (Fsp3) is 0.571. The van der Waals surface area contributed by atoms with Crippen LogP contribution < -0.4 is 21.1 Å². The van der Waals surface area contributed by atoms with Crippen LogP contribution in [0, 0.1) is 12.8 Å². The van der Waals surface area contributed by atoms with E-state index in [1.165, 1.54) is 12.8 Å². The summed E-state index contributed by atoms with van der Waals surface area (Å²) in [5, 5.41) is 9.28. The van der Waals surface area contributed by atoms with Crippen LogP contribution in [0.25, 0.3) is 0 Å². The van der Waals surface area contributed by atoms with Gasteiger partial charge in [0.2, 0.25) is 0 Å². The number of rotatable bonds is 6. The minimum absolute atomic E-state index is 0.205. The molecule has 156 valence electrons. The number of aromatic nitrogens is 2. The highest BCUT2D eigenvalue weighted by molar-refractivity contribution is 7.13. The zero-order valence-corrected chi connectivity index (χ0v) is 17.8. The maximum atomic E-state index is 13.0. The number of carbonyl (C=O) groups is 1. The van der Waals surface area contributed by atoms with Gasteiger partial charge < -0.3 is 20.1 Å². The minimum Gasteiger partial charge on any atom is -0.348 e. The molecule has 0 spiro atoms. The van der Waals surface area contributed by atoms with Crippen LogP contribution in [0.5, 0.6) is 0 Å². The van der Waals surface area contributed by atoms with Crippen molar-refractivity contribution in [2.75, 3.05) is 31.1 Å². The first-order valence-corrected chi connectivity index (χ1v) is 11.4. The number of amides is 1. The van der Waals surface area contributed by atoms with Crippen molar-refractivity contribution in [2.45, 2.75) is 45.7 Å². The van der Waals surface area contributed by atoms with Crippen LogP contribution in [-0.2, 0) is 13.1 Å². The Bertz CT molecular complexity index is 910. The Labute approximate surface area is 175 Å². The molecule has 0 bridgehead atoms. The highest BCUT2D eigenvalue weighted by atomic mass is 32.1. The molecular formula is C21H29N5O2S. The van der Waals surface area contributed by atoms with E-state index in [2.05, 4.69) is 20.5 Å². The largest absolute Gasteiger partial charge is 0.348 e. The third-order valence-electron chi connectivity index (χ3n) is 5.80. The molecule has 7 nitrogen and oxygen atoms in total. The van der Waals surface area contributed by atoms with Crippen LogP contribution in [0.15, 0.2) is 22.4 Å². The highest BCUT2D eigenvalue weighted by Gasteiger charge is 2.20. The number of aryl methyl sites for hydroxylation is 1. The van der Waals surface area contributed by atoms with E-state index in [1.807, 2.05) is 24.6 Å². The van der Waals surface area contributed by atoms with Gasteiger partial charge in [-0.3, -0.25) is 9.59 Å². The van der Waals surface area contributed by atoms with E-state index in [-0.39, 0.29) is 17.0 Å². The fourth-order valence-corrected chi connectivity index (χ4v) is 5.01. The van der Waals surface area contributed by atoms with Gasteiger partial charge in [-0.05, 0) is 63.2 Å². The Morgan fingerprint density at radius 2 is 2.17 bits per heavy atom. The number of nitrogens with one attached hydrogen (secondary N) is 2. The molecule has 4 heterocycles. The number of thiazole rings is 1. The van der Waals surface area contributed by atoms with Gasteiger partial charge >= 0.3 is 0 Å². The average Bonchev–Trinajstić information content (AvgIpc) is 3.41. The van der Waals surface area contributed by atoms with Crippen molar-refractivity contribution in [1.82, 2.24) is 20.2 Å². The van der Waals surface area contributed by atoms with Crippen molar-refractivity contribution in [3.8, 4) is 0 Å². The van der Waals surface area contributed by atoms with Crippen LogP contribution in [-0.4, -0.2) is 41.6 Å². The van der Waals surface area contributed by atoms with Crippen molar-refractivity contribution in [3.63, 3.8) is 0 Å². The Morgan fingerprint density at radius 3 is 2.93 bits per heavy atom. The summed E-state index contributed by atoms with van der Waals surface area (Å²) in [4.78, 5) is 32.7. The molecule has 2 saturated heterocycles. The smallest absolute Gasteiger partial charge is 0.263 e. The lowest BCUT2D eigenvalue weighted by atomic mass is 9.99. The number of carbonyl (C=O) groups excluding carboxylic acids is 1. The molecule has 4 rings (SSSR count). The second-order valence-electron chi connectivity index (χ2n) is 8.04. The molecule has 0 aliphatic carbocycles. The predicted octanol–water partition coefficient (Wildman–Crippen LogP) is 2.14. The molecule has 2 aromatic heterocycles. The van der Waals surface area contributed by atoms with Crippen molar-refractivity contribution >= 4 is 22.4 Å². The molecule has 29 heavy (non-hydrogen) atoms. The fourth-order valence-electron chi connectivity index (χ4n) is 4.13. The van der Waals surface area contributed by atoms with Crippen LogP contribution in [0.4, 0.5) is 5.13 Å². The highest BCUT2D eigenvalue weighted by Crippen LogP contribution is 2.24. The lowest BCUT2D eigenvalue weighted by Crippen LogP contribution is -2.37. The van der Waals surface area contributed by atoms with Crippen LogP contribution in [0.1, 0.15) is 47.3 Å². The number of hydrogen-bond donors (Lipinski definition) is 2. The second kappa shape index (κ2) is 9.09. The first-order chi connectivity index (χ1) is 14.1. The Hall–Kier alpha value is -2.19. The summed E-state index contributed by atoms with van der Waals surface area (Å²) in [6.45, 7) is 6.88. The summed E-state index contributed by atoms with van der Waals surface area (Å²) >= 11 is 1.61. The van der Waals surface area contributed by atoms with Gasteiger partial charge in [-0.15, -0.1) is 11.3 Å². The molecule has 0 radical (unpaired) electrons. The van der Waals surface area contributed by atoms with Crippen molar-refractivity contribution < 1.29 is 4.79 Å². The first kappa shape index (κ1) is 20.1. The SMILES string of the molecule is Cc1ccn(CC2CCCNC2)c(=O)c1C(=O)NCc1csc(N2CCCC2)n1. The van der Waals surface area contributed by atoms with Crippen molar-refractivity contribution in [2.24, 2.45) is 5.92 Å². The number of piperidine rings is 1. The summed E-state index contributed by atoms with van der Waals surface area (Å²) < 4.78 is 1.69. The molecule has 0 saturated carbocycles. The number of nitrogens with zero attached hydrogens (tertiary/aromatic N) is 3. The topological polar surface area (TPSA) is 79.3 Å². The van der Waals surface area contributed by atoms with E-state index < -0.39 is 0 Å². The monoisotopic (exact) mass is 415 g/mol. The molecule has 0 aromatic carbocycles.